The lowest BCUT2D eigenvalue weighted by Gasteiger charge is -2.31. The van der Waals surface area contributed by atoms with Crippen LogP contribution in [0.3, 0.4) is 0 Å². The van der Waals surface area contributed by atoms with E-state index in [0.717, 1.165) is 43.5 Å². The summed E-state index contributed by atoms with van der Waals surface area (Å²) in [6.45, 7) is 1.01. The molecule has 1 aliphatic heterocycles. The molecule has 1 aromatic heterocycles. The fraction of sp³-hybridized carbons (Fsp3) is 0.280. The molecule has 3 aromatic rings. The quantitative estimate of drug-likeness (QED) is 0.568. The number of ether oxygens (including phenoxy) is 1. The van der Waals surface area contributed by atoms with Crippen LogP contribution in [0.5, 0.6) is 0 Å². The van der Waals surface area contributed by atoms with Gasteiger partial charge in [0.15, 0.2) is 0 Å². The molecule has 5 rings (SSSR count). The van der Waals surface area contributed by atoms with E-state index >= 15 is 0 Å². The molecule has 0 unspecified atom stereocenters. The zero-order valence-electron chi connectivity index (χ0n) is 17.1. The zero-order valence-corrected chi connectivity index (χ0v) is 17.1. The van der Waals surface area contributed by atoms with E-state index in [9.17, 15) is 4.79 Å². The smallest absolute Gasteiger partial charge is 0.341 e. The number of para-hydroxylation sites is 1. The topological polar surface area (TPSA) is 54.5 Å². The van der Waals surface area contributed by atoms with Crippen molar-refractivity contribution >= 4 is 28.8 Å². The first-order valence-electron chi connectivity index (χ1n) is 10.5. The fourth-order valence-electron chi connectivity index (χ4n) is 4.17. The van der Waals surface area contributed by atoms with E-state index < -0.39 is 0 Å². The molecule has 0 radical (unpaired) electrons. The molecular formula is C25H25N3O2. The zero-order chi connectivity index (χ0) is 20.5. The van der Waals surface area contributed by atoms with Gasteiger partial charge in [-0.2, -0.15) is 0 Å². The molecule has 2 aromatic carbocycles. The van der Waals surface area contributed by atoms with Crippen molar-refractivity contribution in [1.29, 1.82) is 0 Å². The van der Waals surface area contributed by atoms with Crippen LogP contribution < -0.4 is 10.2 Å². The van der Waals surface area contributed by atoms with Crippen molar-refractivity contribution in [1.82, 2.24) is 4.98 Å². The molecule has 5 heteroatoms. The minimum Gasteiger partial charge on any atom is -0.465 e. The van der Waals surface area contributed by atoms with Gasteiger partial charge in [0, 0.05) is 29.8 Å². The number of methoxy groups -OCH3 is 1. The van der Waals surface area contributed by atoms with Crippen LogP contribution in [0, 0.1) is 0 Å². The van der Waals surface area contributed by atoms with Crippen molar-refractivity contribution < 1.29 is 9.53 Å². The number of anilines is 4. The van der Waals surface area contributed by atoms with Gasteiger partial charge in [0.05, 0.1) is 7.11 Å². The normalized spacial score (nSPS) is 15.4. The second kappa shape index (κ2) is 7.82. The number of aryl methyl sites for hydroxylation is 1. The van der Waals surface area contributed by atoms with Gasteiger partial charge < -0.3 is 15.0 Å². The summed E-state index contributed by atoms with van der Waals surface area (Å²) in [5.41, 5.74) is 6.29. The number of benzene rings is 2. The summed E-state index contributed by atoms with van der Waals surface area (Å²) in [5, 5.41) is 3.35. The number of nitrogens with zero attached hydrogens (tertiary/aromatic N) is 2. The molecule has 0 spiro atoms. The molecule has 0 bridgehead atoms. The fourth-order valence-corrected chi connectivity index (χ4v) is 4.17. The Hall–Kier alpha value is -3.34. The molecule has 5 nitrogen and oxygen atoms in total. The van der Waals surface area contributed by atoms with Crippen molar-refractivity contribution in [2.45, 2.75) is 31.6 Å². The molecule has 2 aliphatic rings. The Morgan fingerprint density at radius 3 is 2.73 bits per heavy atom. The van der Waals surface area contributed by atoms with Gasteiger partial charge >= 0.3 is 5.97 Å². The number of hydrogen-bond donors (Lipinski definition) is 1. The predicted molar refractivity (Wildman–Crippen MR) is 119 cm³/mol. The van der Waals surface area contributed by atoms with Gasteiger partial charge in [-0.15, -0.1) is 0 Å². The van der Waals surface area contributed by atoms with Gasteiger partial charge in [-0.1, -0.05) is 18.2 Å². The molecule has 30 heavy (non-hydrogen) atoms. The van der Waals surface area contributed by atoms with Crippen LogP contribution in [0.25, 0.3) is 0 Å². The average molecular weight is 399 g/mol. The Balaban J connectivity index is 1.44. The molecule has 1 saturated carbocycles. The lowest BCUT2D eigenvalue weighted by atomic mass is 10.00. The highest BCUT2D eigenvalue weighted by molar-refractivity contribution is 5.95. The number of pyridine rings is 1. The predicted octanol–water partition coefficient (Wildman–Crippen LogP) is 5.57. The molecule has 1 aliphatic carbocycles. The third-order valence-electron chi connectivity index (χ3n) is 5.89. The molecule has 0 saturated heterocycles. The van der Waals surface area contributed by atoms with Crippen molar-refractivity contribution in [2.75, 3.05) is 23.9 Å². The lowest BCUT2D eigenvalue weighted by Crippen LogP contribution is -2.24. The maximum atomic E-state index is 12.3. The number of nitrogens with one attached hydrogen (secondary N) is 1. The van der Waals surface area contributed by atoms with E-state index in [1.807, 2.05) is 18.3 Å². The summed E-state index contributed by atoms with van der Waals surface area (Å²) >= 11 is 0. The van der Waals surface area contributed by atoms with Gasteiger partial charge in [0.1, 0.15) is 11.4 Å². The Kier molecular flexibility index (Phi) is 4.87. The van der Waals surface area contributed by atoms with Gasteiger partial charge in [-0.05, 0) is 79.1 Å². The third kappa shape index (κ3) is 3.63. The summed E-state index contributed by atoms with van der Waals surface area (Å²) in [6, 6.07) is 18.8. The van der Waals surface area contributed by atoms with E-state index in [0.29, 0.717) is 17.3 Å². The number of esters is 1. The van der Waals surface area contributed by atoms with Crippen LogP contribution in [0.1, 0.15) is 46.7 Å². The molecule has 1 fully saturated rings. The van der Waals surface area contributed by atoms with Crippen LogP contribution in [0.4, 0.5) is 22.9 Å². The summed E-state index contributed by atoms with van der Waals surface area (Å²) < 4.78 is 5.00. The van der Waals surface area contributed by atoms with Gasteiger partial charge in [-0.25, -0.2) is 9.78 Å². The highest BCUT2D eigenvalue weighted by Gasteiger charge is 2.26. The van der Waals surface area contributed by atoms with Crippen LogP contribution in [-0.2, 0) is 11.2 Å². The largest absolute Gasteiger partial charge is 0.465 e. The number of hydrogen-bond acceptors (Lipinski definition) is 5. The molecule has 152 valence electrons. The Labute approximate surface area is 176 Å². The average Bonchev–Trinajstić information content (AvgIpc) is 3.64. The standard InChI is InChI=1S/C25H25N3O2/c1-30-25(29)22-15-19(17-9-10-17)16-26-24(22)27-20-11-12-23-18(14-20)6-5-13-28(23)21-7-3-2-4-8-21/h2-4,7-8,11-12,14-17H,5-6,9-10,13H2,1H3,(H,26,27). The Morgan fingerprint density at radius 1 is 1.13 bits per heavy atom. The van der Waals surface area contributed by atoms with E-state index in [1.54, 1.807) is 0 Å². The minimum absolute atomic E-state index is 0.360. The Bertz CT molecular complexity index is 1080. The lowest BCUT2D eigenvalue weighted by molar-refractivity contribution is 0.0601. The van der Waals surface area contributed by atoms with Crippen molar-refractivity contribution in [3.05, 3.63) is 77.5 Å². The first kappa shape index (κ1) is 18.7. The number of rotatable bonds is 5. The first-order chi connectivity index (χ1) is 14.7. The van der Waals surface area contributed by atoms with Gasteiger partial charge in [0.25, 0.3) is 0 Å². The van der Waals surface area contributed by atoms with Gasteiger partial charge in [-0.3, -0.25) is 0 Å². The van der Waals surface area contributed by atoms with E-state index in [-0.39, 0.29) is 5.97 Å². The second-order valence-corrected chi connectivity index (χ2v) is 7.99. The van der Waals surface area contributed by atoms with Crippen molar-refractivity contribution in [3.63, 3.8) is 0 Å². The number of fused-ring (bicyclic) bond motifs is 1. The maximum absolute atomic E-state index is 12.3. The van der Waals surface area contributed by atoms with Crippen molar-refractivity contribution in [3.8, 4) is 0 Å². The number of aromatic nitrogens is 1. The van der Waals surface area contributed by atoms with Crippen LogP contribution in [0.2, 0.25) is 0 Å². The Morgan fingerprint density at radius 2 is 1.97 bits per heavy atom. The molecule has 0 atom stereocenters. The minimum atomic E-state index is -0.360. The molecule has 2 heterocycles. The second-order valence-electron chi connectivity index (χ2n) is 7.99. The van der Waals surface area contributed by atoms with E-state index in [1.165, 1.54) is 24.0 Å². The molecule has 1 N–H and O–H groups in total. The number of carbonyl (C=O) groups is 1. The summed E-state index contributed by atoms with van der Waals surface area (Å²) in [4.78, 5) is 19.3. The van der Waals surface area contributed by atoms with E-state index in [2.05, 4.69) is 57.7 Å². The van der Waals surface area contributed by atoms with Crippen LogP contribution in [0.15, 0.2) is 60.8 Å². The van der Waals surface area contributed by atoms with Crippen molar-refractivity contribution in [2.24, 2.45) is 0 Å². The third-order valence-corrected chi connectivity index (χ3v) is 5.89. The SMILES string of the molecule is COC(=O)c1cc(C2CC2)cnc1Nc1ccc2c(c1)CCCN2c1ccccc1. The van der Waals surface area contributed by atoms with Gasteiger partial charge in [0.2, 0.25) is 0 Å². The summed E-state index contributed by atoms with van der Waals surface area (Å²) in [5.74, 6) is 0.713. The highest BCUT2D eigenvalue weighted by Crippen LogP contribution is 2.41. The van der Waals surface area contributed by atoms with Crippen LogP contribution >= 0.6 is 0 Å². The summed E-state index contributed by atoms with van der Waals surface area (Å²) in [6.07, 6.45) is 6.34. The monoisotopic (exact) mass is 399 g/mol. The number of carbonyl (C=O) groups excluding carboxylic acids is 1. The van der Waals surface area contributed by atoms with E-state index in [4.69, 9.17) is 4.74 Å². The maximum Gasteiger partial charge on any atom is 0.341 e. The molecule has 0 amide bonds. The summed E-state index contributed by atoms with van der Waals surface area (Å²) in [7, 11) is 1.41. The van der Waals surface area contributed by atoms with Crippen LogP contribution in [-0.4, -0.2) is 24.6 Å². The first-order valence-corrected chi connectivity index (χ1v) is 10.5. The molecular weight excluding hydrogens is 374 g/mol. The highest BCUT2D eigenvalue weighted by atomic mass is 16.5.